The molecule has 2 fully saturated rings. The standard InChI is InChI=1S/C29H38F2O/c1-32-20-22-6-10-25(11-7-22)27-16-17-28(29(31)19-27)26-14-12-24(13-15-26)23-8-4-21(5-9-23)3-2-18-30/h12-17,19,21-23,25H,2-11,18,20H2,1H3. The van der Waals surface area contributed by atoms with Crippen LogP contribution in [0.2, 0.25) is 0 Å². The Hall–Kier alpha value is -1.74. The molecule has 2 aliphatic carbocycles. The van der Waals surface area contributed by atoms with Crippen molar-refractivity contribution in [2.75, 3.05) is 20.4 Å². The molecule has 2 saturated carbocycles. The molecular formula is C29H38F2O. The van der Waals surface area contributed by atoms with Gasteiger partial charge in [0, 0.05) is 19.3 Å². The number of halogens is 2. The first-order chi connectivity index (χ1) is 15.7. The van der Waals surface area contributed by atoms with Gasteiger partial charge in [0.15, 0.2) is 0 Å². The summed E-state index contributed by atoms with van der Waals surface area (Å²) in [5.74, 6) is 2.30. The third kappa shape index (κ3) is 5.78. The Morgan fingerprint density at radius 2 is 1.38 bits per heavy atom. The van der Waals surface area contributed by atoms with E-state index in [9.17, 15) is 4.39 Å². The lowest BCUT2D eigenvalue weighted by atomic mass is 9.77. The van der Waals surface area contributed by atoms with E-state index in [2.05, 4.69) is 30.3 Å². The molecule has 0 N–H and O–H groups in total. The molecule has 174 valence electrons. The molecule has 0 amide bonds. The predicted octanol–water partition coefficient (Wildman–Crippen LogP) is 8.44. The van der Waals surface area contributed by atoms with E-state index in [4.69, 9.17) is 4.74 Å². The van der Waals surface area contributed by atoms with E-state index in [1.54, 1.807) is 13.2 Å². The second kappa shape index (κ2) is 11.4. The van der Waals surface area contributed by atoms with Crippen LogP contribution in [0.3, 0.4) is 0 Å². The zero-order chi connectivity index (χ0) is 22.3. The molecule has 0 atom stereocenters. The Labute approximate surface area is 192 Å². The van der Waals surface area contributed by atoms with Crippen LogP contribution >= 0.6 is 0 Å². The monoisotopic (exact) mass is 440 g/mol. The molecule has 0 radical (unpaired) electrons. The van der Waals surface area contributed by atoms with Crippen molar-refractivity contribution in [1.82, 2.24) is 0 Å². The van der Waals surface area contributed by atoms with Gasteiger partial charge in [0.25, 0.3) is 0 Å². The Kier molecular flexibility index (Phi) is 8.35. The van der Waals surface area contributed by atoms with Gasteiger partial charge in [-0.1, -0.05) is 36.4 Å². The first kappa shape index (κ1) is 23.4. The molecule has 2 aromatic rings. The fourth-order valence-corrected chi connectivity index (χ4v) is 6.00. The van der Waals surface area contributed by atoms with E-state index in [0.717, 1.165) is 37.0 Å². The van der Waals surface area contributed by atoms with E-state index in [1.807, 2.05) is 6.07 Å². The minimum Gasteiger partial charge on any atom is -0.384 e. The van der Waals surface area contributed by atoms with Crippen molar-refractivity contribution < 1.29 is 13.5 Å². The van der Waals surface area contributed by atoms with Gasteiger partial charge in [-0.15, -0.1) is 0 Å². The highest BCUT2D eigenvalue weighted by atomic mass is 19.1. The van der Waals surface area contributed by atoms with E-state index in [1.165, 1.54) is 44.1 Å². The number of hydrogen-bond donors (Lipinski definition) is 0. The highest BCUT2D eigenvalue weighted by Gasteiger charge is 2.24. The van der Waals surface area contributed by atoms with Crippen molar-refractivity contribution in [1.29, 1.82) is 0 Å². The molecule has 32 heavy (non-hydrogen) atoms. The first-order valence-corrected chi connectivity index (χ1v) is 12.6. The van der Waals surface area contributed by atoms with E-state index in [-0.39, 0.29) is 12.5 Å². The van der Waals surface area contributed by atoms with Crippen LogP contribution in [-0.4, -0.2) is 20.4 Å². The SMILES string of the molecule is COCC1CCC(c2ccc(-c3ccc(C4CCC(CCCF)CC4)cc3)c(F)c2)CC1. The molecular weight excluding hydrogens is 402 g/mol. The van der Waals surface area contributed by atoms with Crippen molar-refractivity contribution in [2.45, 2.75) is 76.0 Å². The summed E-state index contributed by atoms with van der Waals surface area (Å²) in [4.78, 5) is 0. The number of benzene rings is 2. The predicted molar refractivity (Wildman–Crippen MR) is 128 cm³/mol. The topological polar surface area (TPSA) is 9.23 Å². The Balaban J connectivity index is 1.36. The zero-order valence-corrected chi connectivity index (χ0v) is 19.5. The third-order valence-electron chi connectivity index (χ3n) is 8.00. The van der Waals surface area contributed by atoms with Gasteiger partial charge in [-0.3, -0.25) is 4.39 Å². The van der Waals surface area contributed by atoms with E-state index >= 15 is 4.39 Å². The summed E-state index contributed by atoms with van der Waals surface area (Å²) < 4.78 is 32.8. The number of rotatable bonds is 8. The van der Waals surface area contributed by atoms with Gasteiger partial charge >= 0.3 is 0 Å². The maximum atomic E-state index is 15.0. The molecule has 0 aliphatic heterocycles. The van der Waals surface area contributed by atoms with Crippen LogP contribution in [0.5, 0.6) is 0 Å². The summed E-state index contributed by atoms with van der Waals surface area (Å²) in [6.07, 6.45) is 11.1. The molecule has 0 unspecified atom stereocenters. The average molecular weight is 441 g/mol. The van der Waals surface area contributed by atoms with Crippen molar-refractivity contribution in [3.05, 3.63) is 59.4 Å². The van der Waals surface area contributed by atoms with Gasteiger partial charge in [0.1, 0.15) is 5.82 Å². The Morgan fingerprint density at radius 3 is 1.97 bits per heavy atom. The van der Waals surface area contributed by atoms with Gasteiger partial charge in [-0.05, 0) is 111 Å². The maximum Gasteiger partial charge on any atom is 0.131 e. The number of hydrogen-bond acceptors (Lipinski definition) is 1. The molecule has 2 aromatic carbocycles. The number of methoxy groups -OCH3 is 1. The summed E-state index contributed by atoms with van der Waals surface area (Å²) in [6, 6.07) is 14.4. The first-order valence-electron chi connectivity index (χ1n) is 12.6. The molecule has 1 nitrogen and oxygen atoms in total. The van der Waals surface area contributed by atoms with Crippen LogP contribution in [0.15, 0.2) is 42.5 Å². The van der Waals surface area contributed by atoms with Gasteiger partial charge in [-0.25, -0.2) is 4.39 Å². The lowest BCUT2D eigenvalue weighted by molar-refractivity contribution is 0.127. The lowest BCUT2D eigenvalue weighted by Crippen LogP contribution is -2.17. The van der Waals surface area contributed by atoms with Crippen LogP contribution in [0.1, 0.15) is 87.2 Å². The highest BCUT2D eigenvalue weighted by molar-refractivity contribution is 5.65. The van der Waals surface area contributed by atoms with Gasteiger partial charge in [0.05, 0.1) is 6.67 Å². The second-order valence-electron chi connectivity index (χ2n) is 10.1. The zero-order valence-electron chi connectivity index (χ0n) is 19.5. The molecule has 0 saturated heterocycles. The highest BCUT2D eigenvalue weighted by Crippen LogP contribution is 2.39. The molecule has 0 heterocycles. The van der Waals surface area contributed by atoms with Gasteiger partial charge < -0.3 is 4.74 Å². The van der Waals surface area contributed by atoms with Crippen LogP contribution < -0.4 is 0 Å². The quantitative estimate of drug-likeness (QED) is 0.400. The van der Waals surface area contributed by atoms with Crippen LogP contribution in [0, 0.1) is 17.7 Å². The average Bonchev–Trinajstić information content (AvgIpc) is 2.84. The van der Waals surface area contributed by atoms with E-state index in [0.29, 0.717) is 35.7 Å². The molecule has 4 rings (SSSR count). The van der Waals surface area contributed by atoms with Gasteiger partial charge in [0.2, 0.25) is 0 Å². The fourth-order valence-electron chi connectivity index (χ4n) is 6.00. The summed E-state index contributed by atoms with van der Waals surface area (Å²) in [7, 11) is 1.77. The lowest BCUT2D eigenvalue weighted by Gasteiger charge is -2.29. The largest absolute Gasteiger partial charge is 0.384 e. The minimum absolute atomic E-state index is 0.109. The van der Waals surface area contributed by atoms with Crippen LogP contribution in [0.25, 0.3) is 11.1 Å². The summed E-state index contributed by atoms with van der Waals surface area (Å²) in [6.45, 7) is 0.658. The second-order valence-corrected chi connectivity index (χ2v) is 10.1. The molecule has 0 bridgehead atoms. The van der Waals surface area contributed by atoms with Crippen molar-refractivity contribution in [2.24, 2.45) is 11.8 Å². The van der Waals surface area contributed by atoms with Crippen molar-refractivity contribution in [3.8, 4) is 11.1 Å². The number of alkyl halides is 1. The maximum absolute atomic E-state index is 15.0. The minimum atomic E-state index is -0.186. The summed E-state index contributed by atoms with van der Waals surface area (Å²) in [5, 5.41) is 0. The smallest absolute Gasteiger partial charge is 0.131 e. The Bertz CT molecular complexity index is 831. The summed E-state index contributed by atoms with van der Waals surface area (Å²) in [5.41, 5.74) is 4.16. The van der Waals surface area contributed by atoms with Gasteiger partial charge in [-0.2, -0.15) is 0 Å². The van der Waals surface area contributed by atoms with Crippen molar-refractivity contribution >= 4 is 0 Å². The van der Waals surface area contributed by atoms with Crippen LogP contribution in [0.4, 0.5) is 8.78 Å². The van der Waals surface area contributed by atoms with E-state index < -0.39 is 0 Å². The normalized spacial score (nSPS) is 26.2. The third-order valence-corrected chi connectivity index (χ3v) is 8.00. The Morgan fingerprint density at radius 1 is 0.781 bits per heavy atom. The number of ether oxygens (including phenoxy) is 1. The van der Waals surface area contributed by atoms with Crippen molar-refractivity contribution in [3.63, 3.8) is 0 Å². The molecule has 2 aliphatic rings. The summed E-state index contributed by atoms with van der Waals surface area (Å²) >= 11 is 0. The fraction of sp³-hybridized carbons (Fsp3) is 0.586. The molecule has 3 heteroatoms. The van der Waals surface area contributed by atoms with Crippen LogP contribution in [-0.2, 0) is 4.74 Å². The molecule has 0 spiro atoms. The molecule has 0 aromatic heterocycles.